The number of aryl methyl sites for hydroxylation is 1. The first kappa shape index (κ1) is 33.1. The van der Waals surface area contributed by atoms with Gasteiger partial charge in [-0.05, 0) is 71.9 Å². The molecule has 0 heterocycles. The lowest BCUT2D eigenvalue weighted by Crippen LogP contribution is -1.94. The number of benzene rings is 1. The van der Waals surface area contributed by atoms with Crippen LogP contribution in [0.2, 0.25) is 0 Å². The third-order valence-electron chi connectivity index (χ3n) is 4.34. The minimum atomic E-state index is 1.17. The van der Waals surface area contributed by atoms with Crippen LogP contribution in [0.15, 0.2) is 48.6 Å². The van der Waals surface area contributed by atoms with Crippen LogP contribution in [0.25, 0.3) is 5.57 Å². The van der Waals surface area contributed by atoms with Gasteiger partial charge in [0.05, 0.1) is 0 Å². The molecule has 0 unspecified atom stereocenters. The van der Waals surface area contributed by atoms with E-state index in [-0.39, 0.29) is 0 Å². The summed E-state index contributed by atoms with van der Waals surface area (Å²) in [4.78, 5) is 0. The highest BCUT2D eigenvalue weighted by Gasteiger charge is 2.20. The molecule has 0 saturated carbocycles. The number of fused-ring (bicyclic) bond motifs is 1. The van der Waals surface area contributed by atoms with Crippen LogP contribution in [0.5, 0.6) is 0 Å². The Morgan fingerprint density at radius 3 is 1.80 bits per heavy atom. The first-order valence-electron chi connectivity index (χ1n) is 12.8. The van der Waals surface area contributed by atoms with Gasteiger partial charge in [0, 0.05) is 0 Å². The van der Waals surface area contributed by atoms with Crippen LogP contribution >= 0.6 is 0 Å². The molecule has 0 radical (unpaired) electrons. The van der Waals surface area contributed by atoms with Crippen molar-refractivity contribution in [2.24, 2.45) is 0 Å². The topological polar surface area (TPSA) is 0 Å². The lowest BCUT2D eigenvalue weighted by atomic mass is 9.91. The van der Waals surface area contributed by atoms with Gasteiger partial charge in [0.1, 0.15) is 0 Å². The van der Waals surface area contributed by atoms with Crippen molar-refractivity contribution in [1.82, 2.24) is 0 Å². The van der Waals surface area contributed by atoms with Gasteiger partial charge in [-0.1, -0.05) is 120 Å². The molecular formula is C30H54. The zero-order valence-electron chi connectivity index (χ0n) is 22.4. The summed E-state index contributed by atoms with van der Waals surface area (Å²) in [6.45, 7) is 28.8. The predicted octanol–water partition coefficient (Wildman–Crippen LogP) is 10.8. The predicted molar refractivity (Wildman–Crippen MR) is 145 cm³/mol. The van der Waals surface area contributed by atoms with Gasteiger partial charge in [-0.3, -0.25) is 0 Å². The van der Waals surface area contributed by atoms with Gasteiger partial charge in [-0.25, -0.2) is 0 Å². The van der Waals surface area contributed by atoms with Gasteiger partial charge in [0.25, 0.3) is 0 Å². The van der Waals surface area contributed by atoms with Crippen LogP contribution in [0.4, 0.5) is 0 Å². The fourth-order valence-electron chi connectivity index (χ4n) is 3.40. The molecule has 30 heavy (non-hydrogen) atoms. The lowest BCUT2D eigenvalue weighted by molar-refractivity contribution is 0.905. The Labute approximate surface area is 191 Å². The molecule has 1 aromatic carbocycles. The van der Waals surface area contributed by atoms with E-state index in [4.69, 9.17) is 0 Å². The van der Waals surface area contributed by atoms with Crippen molar-refractivity contribution in [3.05, 3.63) is 65.3 Å². The summed E-state index contributed by atoms with van der Waals surface area (Å²) in [6.07, 6.45) is 11.9. The molecule has 0 spiro atoms. The zero-order valence-corrected chi connectivity index (χ0v) is 22.4. The van der Waals surface area contributed by atoms with Gasteiger partial charge in [0.2, 0.25) is 0 Å². The lowest BCUT2D eigenvalue weighted by Gasteiger charge is -2.13. The summed E-state index contributed by atoms with van der Waals surface area (Å²) in [7, 11) is 0. The average molecular weight is 415 g/mol. The van der Waals surface area contributed by atoms with Gasteiger partial charge < -0.3 is 0 Å². The molecule has 0 atom stereocenters. The fourth-order valence-corrected chi connectivity index (χ4v) is 3.40. The van der Waals surface area contributed by atoms with E-state index < -0.39 is 0 Å². The molecule has 0 saturated heterocycles. The van der Waals surface area contributed by atoms with Crippen molar-refractivity contribution < 1.29 is 0 Å². The molecule has 3 rings (SSSR count). The van der Waals surface area contributed by atoms with Crippen LogP contribution < -0.4 is 0 Å². The maximum atomic E-state index is 4.38. The molecule has 0 fully saturated rings. The molecule has 0 nitrogen and oxygen atoms in total. The monoisotopic (exact) mass is 414 g/mol. The summed E-state index contributed by atoms with van der Waals surface area (Å²) in [5.41, 5.74) is 8.58. The van der Waals surface area contributed by atoms with Gasteiger partial charge >= 0.3 is 0 Å². The first-order valence-corrected chi connectivity index (χ1v) is 12.8. The van der Waals surface area contributed by atoms with E-state index in [1.165, 1.54) is 79.2 Å². The summed E-state index contributed by atoms with van der Waals surface area (Å²) >= 11 is 0. The molecule has 0 aromatic heterocycles. The Hall–Kier alpha value is -1.56. The van der Waals surface area contributed by atoms with Crippen molar-refractivity contribution in [2.45, 2.75) is 121 Å². The number of allylic oxidation sites excluding steroid dienone is 4. The van der Waals surface area contributed by atoms with Crippen LogP contribution in [-0.2, 0) is 12.8 Å². The zero-order chi connectivity index (χ0) is 23.9. The Kier molecular flexibility index (Phi) is 26.2. The molecule has 1 aromatic rings. The molecule has 0 amide bonds. The molecule has 0 bridgehead atoms. The molecule has 2 aliphatic carbocycles. The van der Waals surface area contributed by atoms with Crippen LogP contribution in [0.3, 0.4) is 0 Å². The molecule has 0 aliphatic heterocycles. The van der Waals surface area contributed by atoms with E-state index in [0.717, 1.165) is 0 Å². The van der Waals surface area contributed by atoms with E-state index in [0.29, 0.717) is 0 Å². The van der Waals surface area contributed by atoms with E-state index >= 15 is 0 Å². The quantitative estimate of drug-likeness (QED) is 0.461. The highest BCUT2D eigenvalue weighted by molar-refractivity contribution is 5.81. The van der Waals surface area contributed by atoms with Gasteiger partial charge in [0.15, 0.2) is 0 Å². The summed E-state index contributed by atoms with van der Waals surface area (Å²) in [6, 6.07) is 6.71. The third-order valence-corrected chi connectivity index (χ3v) is 4.34. The minimum absolute atomic E-state index is 1.17. The first-order chi connectivity index (χ1) is 14.6. The van der Waals surface area contributed by atoms with E-state index in [2.05, 4.69) is 59.1 Å². The summed E-state index contributed by atoms with van der Waals surface area (Å²) in [5, 5.41) is 0. The fraction of sp³-hybridized carbons (Fsp3) is 0.600. The molecule has 0 N–H and O–H groups in total. The Bertz CT molecular complexity index is 570. The highest BCUT2D eigenvalue weighted by Crippen LogP contribution is 2.39. The van der Waals surface area contributed by atoms with E-state index in [1.807, 2.05) is 47.6 Å². The molecule has 174 valence electrons. The number of hydrogen-bond acceptors (Lipinski definition) is 0. The largest absolute Gasteiger partial charge is 0.0988 e. The van der Waals surface area contributed by atoms with Crippen molar-refractivity contribution >= 4 is 5.57 Å². The molecular weight excluding hydrogens is 360 g/mol. The summed E-state index contributed by atoms with van der Waals surface area (Å²) < 4.78 is 0. The highest BCUT2D eigenvalue weighted by atomic mass is 14.2. The Balaban J connectivity index is -0.000000519. The summed E-state index contributed by atoms with van der Waals surface area (Å²) in [5.74, 6) is 0. The van der Waals surface area contributed by atoms with Gasteiger partial charge in [-0.15, -0.1) is 0 Å². The van der Waals surface area contributed by atoms with Crippen molar-refractivity contribution in [2.75, 3.05) is 0 Å². The minimum Gasteiger partial charge on any atom is -0.0988 e. The Morgan fingerprint density at radius 1 is 0.800 bits per heavy atom. The second kappa shape index (κ2) is 23.7. The second-order valence-corrected chi connectivity index (χ2v) is 6.75. The second-order valence-electron chi connectivity index (χ2n) is 6.75. The van der Waals surface area contributed by atoms with Crippen LogP contribution in [-0.4, -0.2) is 0 Å². The smallest absolute Gasteiger partial charge is 0.0152 e. The van der Waals surface area contributed by atoms with E-state index in [9.17, 15) is 0 Å². The van der Waals surface area contributed by atoms with Crippen molar-refractivity contribution in [3.8, 4) is 0 Å². The maximum absolute atomic E-state index is 4.38. The van der Waals surface area contributed by atoms with Crippen LogP contribution in [0.1, 0.15) is 124 Å². The SMILES string of the molecule is C=CC1=C(C(=C)c2cccc3c2CCC3)CCC1.CC.CC.CC.CCC.CCC. The average Bonchev–Trinajstić information content (AvgIpc) is 3.47. The maximum Gasteiger partial charge on any atom is -0.0152 e. The number of rotatable bonds is 3. The van der Waals surface area contributed by atoms with Crippen LogP contribution in [0, 0.1) is 0 Å². The van der Waals surface area contributed by atoms with E-state index in [1.54, 1.807) is 5.56 Å². The van der Waals surface area contributed by atoms with Crippen molar-refractivity contribution in [3.63, 3.8) is 0 Å². The third kappa shape index (κ3) is 11.6. The standard InChI is InChI=1S/C18H20.2C3H8.3C2H6/c1-3-14-7-4-10-16(14)13(2)17-11-5-8-15-9-6-12-18(15)17;2*1-3-2;3*1-2/h3,5,8,11H,1-2,4,6-7,9-10,12H2;2*3H2,1-2H3;3*1-2H3. The molecule has 0 heteroatoms. The molecule has 2 aliphatic rings. The van der Waals surface area contributed by atoms with Gasteiger partial charge in [-0.2, -0.15) is 0 Å². The van der Waals surface area contributed by atoms with Crippen molar-refractivity contribution in [1.29, 1.82) is 0 Å². The number of hydrogen-bond donors (Lipinski definition) is 0. The Morgan fingerprint density at radius 2 is 1.30 bits per heavy atom. The normalized spacial score (nSPS) is 12.6.